The lowest BCUT2D eigenvalue weighted by atomic mass is 10.1. The van der Waals surface area contributed by atoms with Crippen molar-refractivity contribution in [2.75, 3.05) is 10.2 Å². The van der Waals surface area contributed by atoms with E-state index in [4.69, 9.17) is 0 Å². The largest absolute Gasteiger partial charge is 0.348 e. The maximum atomic E-state index is 13.3. The smallest absolute Gasteiger partial charge is 0.331 e. The first-order valence-electron chi connectivity index (χ1n) is 10.7. The number of urea groups is 1. The zero-order chi connectivity index (χ0) is 24.2. The van der Waals surface area contributed by atoms with Crippen molar-refractivity contribution in [1.29, 1.82) is 0 Å². The highest BCUT2D eigenvalue weighted by atomic mass is 32.1. The predicted octanol–water partition coefficient (Wildman–Crippen LogP) is 3.89. The molecular formula is C24H24N6O3S. The minimum Gasteiger partial charge on any atom is -0.348 e. The molecule has 1 aliphatic carbocycles. The highest BCUT2D eigenvalue weighted by molar-refractivity contribution is 7.21. The molecule has 174 valence electrons. The molecule has 4 amide bonds. The minimum atomic E-state index is -0.440. The van der Waals surface area contributed by atoms with E-state index in [1.165, 1.54) is 46.9 Å². The zero-order valence-corrected chi connectivity index (χ0v) is 19.2. The molecule has 0 bridgehead atoms. The number of allylic oxidation sites excluding steroid dienone is 2. The molecule has 3 heterocycles. The lowest BCUT2D eigenvalue weighted by molar-refractivity contribution is -0.117. The van der Waals surface area contributed by atoms with Crippen LogP contribution in [0.4, 0.5) is 16.2 Å². The van der Waals surface area contributed by atoms with Crippen molar-refractivity contribution in [2.45, 2.75) is 31.3 Å². The molecule has 1 fully saturated rings. The van der Waals surface area contributed by atoms with Gasteiger partial charge in [-0.25, -0.2) is 9.78 Å². The van der Waals surface area contributed by atoms with Gasteiger partial charge in [-0.15, -0.1) is 11.3 Å². The van der Waals surface area contributed by atoms with Crippen LogP contribution in [0.15, 0.2) is 67.1 Å². The molecule has 1 aliphatic heterocycles. The Hall–Kier alpha value is -4.05. The Bertz CT molecular complexity index is 1260. The number of nitrogens with zero attached hydrogens (tertiary/aromatic N) is 3. The van der Waals surface area contributed by atoms with Gasteiger partial charge in [0.2, 0.25) is 5.91 Å². The summed E-state index contributed by atoms with van der Waals surface area (Å²) in [5.74, 6) is -0.592. The third-order valence-corrected chi connectivity index (χ3v) is 6.76. The molecule has 4 rings (SSSR count). The number of anilines is 2. The molecular weight excluding hydrogens is 452 g/mol. The Balaban J connectivity index is 1.68. The van der Waals surface area contributed by atoms with E-state index in [0.717, 1.165) is 19.3 Å². The quantitative estimate of drug-likeness (QED) is 0.305. The van der Waals surface area contributed by atoms with Crippen LogP contribution in [-0.2, 0) is 4.79 Å². The number of aromatic nitrogens is 1. The Morgan fingerprint density at radius 2 is 1.97 bits per heavy atom. The van der Waals surface area contributed by atoms with Gasteiger partial charge < -0.3 is 16.0 Å². The maximum Gasteiger partial charge on any atom is 0.331 e. The first-order valence-corrected chi connectivity index (χ1v) is 11.5. The Morgan fingerprint density at radius 1 is 1.21 bits per heavy atom. The molecule has 10 heteroatoms. The van der Waals surface area contributed by atoms with E-state index in [1.807, 2.05) is 0 Å². The van der Waals surface area contributed by atoms with Gasteiger partial charge in [-0.3, -0.25) is 19.5 Å². The van der Waals surface area contributed by atoms with Crippen molar-refractivity contribution >= 4 is 57.0 Å². The van der Waals surface area contributed by atoms with Crippen LogP contribution in [0.1, 0.15) is 28.9 Å². The van der Waals surface area contributed by atoms with E-state index in [1.54, 1.807) is 12.3 Å². The summed E-state index contributed by atoms with van der Waals surface area (Å²) in [6.45, 7) is 10.9. The summed E-state index contributed by atoms with van der Waals surface area (Å²) in [5.41, 5.74) is 1.46. The standard InChI is InChI=1S/C24H24N6O3S/c1-4-11-25-13-14(5-2)30-17-10-12-26-23-19(17)20(29-24(30)33)21(34-23)22(32)28-16-9-7-8-15(16)27-18(31)6-3/h4-6,10-13,15-16H,1-3,7-9H2,(H,27,31)(H,28,32)(H,29,33)/b14-13+,25-11?/t15-,16+/m1/s1. The van der Waals surface area contributed by atoms with Gasteiger partial charge in [-0.2, -0.15) is 0 Å². The third kappa shape index (κ3) is 4.27. The number of carbonyl (C=O) groups is 3. The molecule has 0 saturated heterocycles. The van der Waals surface area contributed by atoms with Gasteiger partial charge in [0.05, 0.1) is 28.7 Å². The monoisotopic (exact) mass is 476 g/mol. The molecule has 2 aliphatic rings. The predicted molar refractivity (Wildman–Crippen MR) is 135 cm³/mol. The van der Waals surface area contributed by atoms with Crippen LogP contribution in [0, 0.1) is 0 Å². The minimum absolute atomic E-state index is 0.171. The molecule has 3 N–H and O–H groups in total. The van der Waals surface area contributed by atoms with Crippen molar-refractivity contribution in [1.82, 2.24) is 15.6 Å². The van der Waals surface area contributed by atoms with Crippen molar-refractivity contribution in [3.8, 4) is 0 Å². The van der Waals surface area contributed by atoms with Gasteiger partial charge in [0.25, 0.3) is 5.91 Å². The number of aliphatic imine (C=N–C) groups is 1. The number of hydrogen-bond acceptors (Lipinski definition) is 6. The van der Waals surface area contributed by atoms with E-state index in [-0.39, 0.29) is 23.9 Å². The molecule has 0 aromatic carbocycles. The SMILES string of the molecule is C=CC=N/C=C(\C=C)N1C(=O)Nc2c(C(=O)N[C@H]3CCC[C@H]3NC(=O)C=C)sc3nccc1c23. The fourth-order valence-corrected chi connectivity index (χ4v) is 5.19. The normalized spacial score (nSPS) is 19.7. The van der Waals surface area contributed by atoms with Crippen LogP contribution in [-0.4, -0.2) is 41.1 Å². The number of amides is 4. The van der Waals surface area contributed by atoms with E-state index in [0.29, 0.717) is 32.2 Å². The van der Waals surface area contributed by atoms with E-state index < -0.39 is 6.03 Å². The fraction of sp³-hybridized carbons (Fsp3) is 0.208. The van der Waals surface area contributed by atoms with Crippen LogP contribution >= 0.6 is 11.3 Å². The molecule has 2 aromatic heterocycles. The van der Waals surface area contributed by atoms with Gasteiger partial charge in [0.1, 0.15) is 9.71 Å². The van der Waals surface area contributed by atoms with Crippen molar-refractivity contribution in [3.63, 3.8) is 0 Å². The summed E-state index contributed by atoms with van der Waals surface area (Å²) in [4.78, 5) is 49.0. The molecule has 1 saturated carbocycles. The summed E-state index contributed by atoms with van der Waals surface area (Å²) in [6.07, 6.45) is 11.3. The first kappa shape index (κ1) is 23.1. The summed E-state index contributed by atoms with van der Waals surface area (Å²) in [7, 11) is 0. The molecule has 0 unspecified atom stereocenters. The van der Waals surface area contributed by atoms with Gasteiger partial charge in [-0.05, 0) is 37.5 Å². The molecule has 9 nitrogen and oxygen atoms in total. The number of rotatable bonds is 8. The van der Waals surface area contributed by atoms with Crippen LogP contribution < -0.4 is 20.9 Å². The third-order valence-electron chi connectivity index (χ3n) is 5.66. The summed E-state index contributed by atoms with van der Waals surface area (Å²) < 4.78 is 0. The number of pyridine rings is 1. The molecule has 34 heavy (non-hydrogen) atoms. The number of nitrogens with one attached hydrogen (secondary N) is 3. The maximum absolute atomic E-state index is 13.3. The summed E-state index contributed by atoms with van der Waals surface area (Å²) >= 11 is 1.20. The van der Waals surface area contributed by atoms with Gasteiger partial charge >= 0.3 is 6.03 Å². The van der Waals surface area contributed by atoms with Crippen molar-refractivity contribution < 1.29 is 14.4 Å². The average Bonchev–Trinajstić information content (AvgIpc) is 3.42. The topological polar surface area (TPSA) is 116 Å². The van der Waals surface area contributed by atoms with E-state index >= 15 is 0 Å². The molecule has 2 aromatic rings. The van der Waals surface area contributed by atoms with Crippen LogP contribution in [0.2, 0.25) is 0 Å². The Morgan fingerprint density at radius 3 is 2.68 bits per heavy atom. The second-order valence-electron chi connectivity index (χ2n) is 7.70. The van der Waals surface area contributed by atoms with Crippen LogP contribution in [0.3, 0.4) is 0 Å². The van der Waals surface area contributed by atoms with E-state index in [9.17, 15) is 14.4 Å². The second-order valence-corrected chi connectivity index (χ2v) is 8.70. The number of carbonyl (C=O) groups excluding carboxylic acids is 3. The van der Waals surface area contributed by atoms with Crippen LogP contribution in [0.5, 0.6) is 0 Å². The zero-order valence-electron chi connectivity index (χ0n) is 18.4. The molecule has 0 spiro atoms. The fourth-order valence-electron chi connectivity index (χ4n) is 4.16. The summed E-state index contributed by atoms with van der Waals surface area (Å²) in [5, 5.41) is 9.40. The van der Waals surface area contributed by atoms with Crippen LogP contribution in [0.25, 0.3) is 10.2 Å². The number of hydrogen-bond donors (Lipinski definition) is 3. The van der Waals surface area contributed by atoms with Gasteiger partial charge in [0, 0.05) is 24.5 Å². The van der Waals surface area contributed by atoms with Crippen molar-refractivity contribution in [3.05, 3.63) is 67.0 Å². The molecule has 2 atom stereocenters. The van der Waals surface area contributed by atoms with Gasteiger partial charge in [0.15, 0.2) is 0 Å². The Kier molecular flexibility index (Phi) is 6.69. The first-order chi connectivity index (χ1) is 16.5. The lowest BCUT2D eigenvalue weighted by Crippen LogP contribution is -2.48. The van der Waals surface area contributed by atoms with Crippen molar-refractivity contribution in [2.24, 2.45) is 4.99 Å². The number of thiophene rings is 1. The van der Waals surface area contributed by atoms with Gasteiger partial charge in [-0.1, -0.05) is 25.8 Å². The molecule has 0 radical (unpaired) electrons. The van der Waals surface area contributed by atoms with E-state index in [2.05, 4.69) is 45.7 Å². The highest BCUT2D eigenvalue weighted by Crippen LogP contribution is 2.44. The second kappa shape index (κ2) is 9.84. The summed E-state index contributed by atoms with van der Waals surface area (Å²) in [6, 6.07) is 0.889. The lowest BCUT2D eigenvalue weighted by Gasteiger charge is -2.28. The highest BCUT2D eigenvalue weighted by Gasteiger charge is 2.35. The Labute approximate surface area is 200 Å². The average molecular weight is 477 g/mol.